The van der Waals surface area contributed by atoms with Gasteiger partial charge in [0.25, 0.3) is 0 Å². The predicted molar refractivity (Wildman–Crippen MR) is 107 cm³/mol. The summed E-state index contributed by atoms with van der Waals surface area (Å²) in [5.74, 6) is 0. The quantitative estimate of drug-likeness (QED) is 0.878. The maximum atomic E-state index is 8.80. The molecule has 0 spiro atoms. The van der Waals surface area contributed by atoms with E-state index in [2.05, 4.69) is 23.3 Å². The van der Waals surface area contributed by atoms with E-state index >= 15 is 0 Å². The number of nitrogens with one attached hydrogen (secondary N) is 1. The molecular weight excluding hydrogens is 338 g/mol. The van der Waals surface area contributed by atoms with Gasteiger partial charge in [-0.15, -0.1) is 0 Å². The summed E-state index contributed by atoms with van der Waals surface area (Å²) >= 11 is 0. The highest BCUT2D eigenvalue weighted by atomic mass is 16.5. The van der Waals surface area contributed by atoms with Gasteiger partial charge in [-0.25, -0.2) is 4.98 Å². The highest BCUT2D eigenvalue weighted by Gasteiger charge is 2.23. The van der Waals surface area contributed by atoms with Crippen LogP contribution in [0.5, 0.6) is 0 Å². The third kappa shape index (κ3) is 3.69. The van der Waals surface area contributed by atoms with Gasteiger partial charge >= 0.3 is 0 Å². The summed E-state index contributed by atoms with van der Waals surface area (Å²) < 4.78 is 9.88. The third-order valence-electron chi connectivity index (χ3n) is 6.49. The Bertz CT molecular complexity index is 840. The molecule has 4 rings (SSSR count). The Labute approximate surface area is 161 Å². The van der Waals surface area contributed by atoms with Gasteiger partial charge in [-0.05, 0) is 38.7 Å². The molecule has 0 unspecified atom stereocenters. The lowest BCUT2D eigenvalue weighted by molar-refractivity contribution is 0.0369. The van der Waals surface area contributed by atoms with Crippen LogP contribution in [0, 0.1) is 19.3 Å². The van der Waals surface area contributed by atoms with E-state index in [-0.39, 0.29) is 0 Å². The minimum atomic E-state index is 0.555. The zero-order valence-corrected chi connectivity index (χ0v) is 16.8. The molecule has 148 valence electrons. The number of rotatable bonds is 5. The fourth-order valence-electron chi connectivity index (χ4n) is 4.79. The lowest BCUT2D eigenvalue weighted by Crippen LogP contribution is -2.37. The molecule has 0 atom stereocenters. The van der Waals surface area contributed by atoms with Crippen LogP contribution in [0.3, 0.4) is 0 Å². The first-order valence-corrected chi connectivity index (χ1v) is 10.6. The van der Waals surface area contributed by atoms with Crippen LogP contribution in [0.1, 0.15) is 55.8 Å². The summed E-state index contributed by atoms with van der Waals surface area (Å²) in [7, 11) is 0. The molecule has 0 radical (unpaired) electrons. The van der Waals surface area contributed by atoms with Crippen LogP contribution >= 0.6 is 0 Å². The number of aromatic nitrogens is 3. The normalized spacial score (nSPS) is 19.8. The van der Waals surface area contributed by atoms with Gasteiger partial charge in [0, 0.05) is 37.9 Å². The number of nitrogens with zero attached hydrogens (tertiary/aromatic N) is 4. The van der Waals surface area contributed by atoms with E-state index in [0.29, 0.717) is 11.5 Å². The van der Waals surface area contributed by atoms with Crippen molar-refractivity contribution >= 4 is 11.0 Å². The molecule has 2 aromatic heterocycles. The minimum Gasteiger partial charge on any atom is -0.379 e. The van der Waals surface area contributed by atoms with E-state index in [1.165, 1.54) is 43.4 Å². The minimum absolute atomic E-state index is 0.555. The van der Waals surface area contributed by atoms with Gasteiger partial charge in [0.05, 0.1) is 24.9 Å². The zero-order valence-electron chi connectivity index (χ0n) is 16.8. The summed E-state index contributed by atoms with van der Waals surface area (Å²) in [6.07, 6.45) is 9.40. The Morgan fingerprint density at radius 3 is 2.59 bits per heavy atom. The number of aryl methyl sites for hydroxylation is 2. The van der Waals surface area contributed by atoms with Gasteiger partial charge in [-0.1, -0.05) is 19.3 Å². The standard InChI is InChI=1S/C21H33N5O/c1-16-17(2)26(18-7-4-3-5-8-18)21-19(16)20(22)25(15-23-21)10-6-9-24-11-13-27-14-12-24/h15,18,22H,3-14H2,1-2H3. The highest BCUT2D eigenvalue weighted by Crippen LogP contribution is 2.33. The first kappa shape index (κ1) is 18.7. The summed E-state index contributed by atoms with van der Waals surface area (Å²) in [4.78, 5) is 7.29. The van der Waals surface area contributed by atoms with Crippen LogP contribution in [0.4, 0.5) is 0 Å². The number of hydrogen-bond donors (Lipinski definition) is 1. The average Bonchev–Trinajstić information content (AvgIpc) is 2.96. The predicted octanol–water partition coefficient (Wildman–Crippen LogP) is 3.16. The maximum Gasteiger partial charge on any atom is 0.146 e. The summed E-state index contributed by atoms with van der Waals surface area (Å²) in [6, 6.07) is 0.555. The van der Waals surface area contributed by atoms with Gasteiger partial charge in [-0.2, -0.15) is 0 Å². The van der Waals surface area contributed by atoms with E-state index in [1.807, 2.05) is 10.9 Å². The maximum absolute atomic E-state index is 8.80. The fourth-order valence-corrected chi connectivity index (χ4v) is 4.79. The van der Waals surface area contributed by atoms with Crippen molar-refractivity contribution in [3.8, 4) is 0 Å². The smallest absolute Gasteiger partial charge is 0.146 e. The number of hydrogen-bond acceptors (Lipinski definition) is 4. The van der Waals surface area contributed by atoms with Crippen molar-refractivity contribution in [2.45, 2.75) is 65.0 Å². The summed E-state index contributed by atoms with van der Waals surface area (Å²) in [5, 5.41) is 9.85. The molecule has 2 aromatic rings. The average molecular weight is 372 g/mol. The van der Waals surface area contributed by atoms with Gasteiger partial charge in [0.2, 0.25) is 0 Å². The Balaban J connectivity index is 1.56. The fraction of sp³-hybridized carbons (Fsp3) is 0.714. The monoisotopic (exact) mass is 371 g/mol. The second-order valence-electron chi connectivity index (χ2n) is 8.16. The molecule has 0 amide bonds. The number of ether oxygens (including phenoxy) is 1. The number of morpholine rings is 1. The van der Waals surface area contributed by atoms with Crippen molar-refractivity contribution in [1.29, 1.82) is 5.41 Å². The Hall–Kier alpha value is -1.66. The van der Waals surface area contributed by atoms with Crippen molar-refractivity contribution in [3.05, 3.63) is 23.1 Å². The van der Waals surface area contributed by atoms with Gasteiger partial charge in [-0.3, -0.25) is 10.3 Å². The SMILES string of the molecule is Cc1c(C)n(C2CCCCC2)c2ncn(CCCN3CCOCC3)c(=N)c12. The summed E-state index contributed by atoms with van der Waals surface area (Å²) in [5.41, 5.74) is 4.17. The van der Waals surface area contributed by atoms with E-state index < -0.39 is 0 Å². The molecule has 0 aromatic carbocycles. The van der Waals surface area contributed by atoms with E-state index in [4.69, 9.17) is 15.1 Å². The van der Waals surface area contributed by atoms with Crippen LogP contribution in [-0.2, 0) is 11.3 Å². The van der Waals surface area contributed by atoms with Gasteiger partial charge in [0.15, 0.2) is 0 Å². The van der Waals surface area contributed by atoms with Crippen LogP contribution in [0.15, 0.2) is 6.33 Å². The van der Waals surface area contributed by atoms with Gasteiger partial charge in [0.1, 0.15) is 11.1 Å². The van der Waals surface area contributed by atoms with Crippen LogP contribution in [-0.4, -0.2) is 51.9 Å². The molecule has 3 heterocycles. The molecule has 6 nitrogen and oxygen atoms in total. The highest BCUT2D eigenvalue weighted by molar-refractivity contribution is 5.80. The number of fused-ring (bicyclic) bond motifs is 1. The second kappa shape index (κ2) is 8.15. The first-order chi connectivity index (χ1) is 13.2. The Morgan fingerprint density at radius 1 is 1.11 bits per heavy atom. The second-order valence-corrected chi connectivity index (χ2v) is 8.16. The molecule has 6 heteroatoms. The molecule has 1 saturated carbocycles. The largest absolute Gasteiger partial charge is 0.379 e. The molecular formula is C21H33N5O. The molecule has 27 heavy (non-hydrogen) atoms. The molecule has 1 aliphatic heterocycles. The molecule has 1 saturated heterocycles. The van der Waals surface area contributed by atoms with E-state index in [9.17, 15) is 0 Å². The van der Waals surface area contributed by atoms with E-state index in [0.717, 1.165) is 56.8 Å². The van der Waals surface area contributed by atoms with Crippen molar-refractivity contribution in [2.24, 2.45) is 0 Å². The lowest BCUT2D eigenvalue weighted by atomic mass is 9.95. The van der Waals surface area contributed by atoms with Gasteiger partial charge < -0.3 is 13.9 Å². The van der Waals surface area contributed by atoms with Crippen molar-refractivity contribution in [2.75, 3.05) is 32.8 Å². The topological polar surface area (TPSA) is 59.1 Å². The zero-order chi connectivity index (χ0) is 18.8. The first-order valence-electron chi connectivity index (χ1n) is 10.6. The third-order valence-corrected chi connectivity index (χ3v) is 6.49. The van der Waals surface area contributed by atoms with Crippen molar-refractivity contribution in [3.63, 3.8) is 0 Å². The van der Waals surface area contributed by atoms with Crippen LogP contribution in [0.25, 0.3) is 11.0 Å². The Morgan fingerprint density at radius 2 is 1.85 bits per heavy atom. The molecule has 2 aliphatic rings. The molecule has 2 fully saturated rings. The van der Waals surface area contributed by atoms with Crippen LogP contribution in [0.2, 0.25) is 0 Å². The molecule has 1 aliphatic carbocycles. The van der Waals surface area contributed by atoms with Crippen molar-refractivity contribution < 1.29 is 4.74 Å². The van der Waals surface area contributed by atoms with Crippen LogP contribution < -0.4 is 5.49 Å². The molecule has 1 N–H and O–H groups in total. The van der Waals surface area contributed by atoms with E-state index in [1.54, 1.807) is 0 Å². The summed E-state index contributed by atoms with van der Waals surface area (Å²) in [6.45, 7) is 10.0. The lowest BCUT2D eigenvalue weighted by Gasteiger charge is -2.26. The molecule has 0 bridgehead atoms. The Kier molecular flexibility index (Phi) is 5.64. The van der Waals surface area contributed by atoms with Crippen molar-refractivity contribution in [1.82, 2.24) is 19.0 Å².